The van der Waals surface area contributed by atoms with Crippen molar-refractivity contribution >= 4 is 10.0 Å². The Labute approximate surface area is 114 Å². The van der Waals surface area contributed by atoms with Crippen molar-refractivity contribution in [2.45, 2.75) is 32.4 Å². The summed E-state index contributed by atoms with van der Waals surface area (Å²) in [5, 5.41) is 3.43. The van der Waals surface area contributed by atoms with E-state index in [1.807, 2.05) is 13.0 Å². The maximum atomic E-state index is 11.4. The molecular weight excluding hydrogens is 264 g/mol. The van der Waals surface area contributed by atoms with Gasteiger partial charge in [-0.3, -0.25) is 0 Å². The SMILES string of the molecule is Cc1nccc(CNC2CCN(S(C)(=O)=O)CC2)n1. The number of rotatable bonds is 4. The molecule has 0 atom stereocenters. The third-order valence-electron chi connectivity index (χ3n) is 3.33. The van der Waals surface area contributed by atoms with Gasteiger partial charge < -0.3 is 5.32 Å². The van der Waals surface area contributed by atoms with Crippen LogP contribution in [0.2, 0.25) is 0 Å². The number of hydrogen-bond donors (Lipinski definition) is 1. The van der Waals surface area contributed by atoms with Gasteiger partial charge in [0, 0.05) is 31.9 Å². The summed E-state index contributed by atoms with van der Waals surface area (Å²) in [5.74, 6) is 0.770. The second-order valence-electron chi connectivity index (χ2n) is 4.91. The Morgan fingerprint density at radius 2 is 2.11 bits per heavy atom. The van der Waals surface area contributed by atoms with Crippen LogP contribution in [0, 0.1) is 6.92 Å². The van der Waals surface area contributed by atoms with Crippen LogP contribution in [0.5, 0.6) is 0 Å². The fourth-order valence-corrected chi connectivity index (χ4v) is 3.12. The zero-order chi connectivity index (χ0) is 13.9. The van der Waals surface area contributed by atoms with Crippen molar-refractivity contribution < 1.29 is 8.42 Å². The molecule has 1 N–H and O–H groups in total. The second-order valence-corrected chi connectivity index (χ2v) is 6.89. The van der Waals surface area contributed by atoms with Crippen LogP contribution in [0.25, 0.3) is 0 Å². The van der Waals surface area contributed by atoms with E-state index in [2.05, 4.69) is 15.3 Å². The first-order valence-electron chi connectivity index (χ1n) is 6.42. The summed E-state index contributed by atoms with van der Waals surface area (Å²) in [6.07, 6.45) is 4.71. The Morgan fingerprint density at radius 1 is 1.42 bits per heavy atom. The summed E-state index contributed by atoms with van der Waals surface area (Å²) >= 11 is 0. The molecule has 19 heavy (non-hydrogen) atoms. The fraction of sp³-hybridized carbons (Fsp3) is 0.667. The number of nitrogens with one attached hydrogen (secondary N) is 1. The van der Waals surface area contributed by atoms with E-state index in [1.165, 1.54) is 6.26 Å². The van der Waals surface area contributed by atoms with Gasteiger partial charge in [0.2, 0.25) is 10.0 Å². The fourth-order valence-electron chi connectivity index (χ4n) is 2.24. The highest BCUT2D eigenvalue weighted by atomic mass is 32.2. The molecule has 0 radical (unpaired) electrons. The number of nitrogens with zero attached hydrogens (tertiary/aromatic N) is 3. The Hall–Kier alpha value is -1.05. The minimum absolute atomic E-state index is 0.355. The van der Waals surface area contributed by atoms with E-state index >= 15 is 0 Å². The number of piperidine rings is 1. The third-order valence-corrected chi connectivity index (χ3v) is 4.63. The van der Waals surface area contributed by atoms with Gasteiger partial charge in [-0.1, -0.05) is 0 Å². The minimum atomic E-state index is -3.04. The van der Waals surface area contributed by atoms with Crippen LogP contribution in [0.3, 0.4) is 0 Å². The Bertz CT molecular complexity index is 524. The van der Waals surface area contributed by atoms with Gasteiger partial charge in [0.1, 0.15) is 5.82 Å². The first-order chi connectivity index (χ1) is 8.95. The lowest BCUT2D eigenvalue weighted by Crippen LogP contribution is -2.44. The average Bonchev–Trinajstić information content (AvgIpc) is 2.36. The second kappa shape index (κ2) is 5.94. The summed E-state index contributed by atoms with van der Waals surface area (Å²) < 4.78 is 24.3. The molecule has 1 fully saturated rings. The van der Waals surface area contributed by atoms with Crippen molar-refractivity contribution in [1.29, 1.82) is 0 Å². The van der Waals surface area contributed by atoms with E-state index in [0.29, 0.717) is 25.7 Å². The summed E-state index contributed by atoms with van der Waals surface area (Å²) in [4.78, 5) is 8.39. The quantitative estimate of drug-likeness (QED) is 0.860. The summed E-state index contributed by atoms with van der Waals surface area (Å²) in [6.45, 7) is 3.76. The van der Waals surface area contributed by atoms with Crippen molar-refractivity contribution in [3.8, 4) is 0 Å². The molecule has 1 aromatic rings. The minimum Gasteiger partial charge on any atom is -0.308 e. The first kappa shape index (κ1) is 14.4. The summed E-state index contributed by atoms with van der Waals surface area (Å²) in [6, 6.07) is 2.25. The molecule has 6 nitrogen and oxygen atoms in total. The van der Waals surface area contributed by atoms with E-state index in [1.54, 1.807) is 10.5 Å². The zero-order valence-electron chi connectivity index (χ0n) is 11.3. The molecule has 2 heterocycles. The van der Waals surface area contributed by atoms with Crippen molar-refractivity contribution in [3.05, 3.63) is 23.8 Å². The molecule has 1 saturated heterocycles. The van der Waals surface area contributed by atoms with Crippen LogP contribution >= 0.6 is 0 Å². The van der Waals surface area contributed by atoms with Crippen LogP contribution in [-0.4, -0.2) is 48.1 Å². The van der Waals surface area contributed by atoms with E-state index in [9.17, 15) is 8.42 Å². The topological polar surface area (TPSA) is 75.2 Å². The van der Waals surface area contributed by atoms with Crippen LogP contribution in [0.4, 0.5) is 0 Å². The molecule has 7 heteroatoms. The molecule has 1 aromatic heterocycles. The molecule has 0 bridgehead atoms. The van der Waals surface area contributed by atoms with Gasteiger partial charge >= 0.3 is 0 Å². The maximum Gasteiger partial charge on any atom is 0.211 e. The van der Waals surface area contributed by atoms with Crippen LogP contribution in [-0.2, 0) is 16.6 Å². The molecule has 106 valence electrons. The van der Waals surface area contributed by atoms with Gasteiger partial charge in [-0.05, 0) is 25.8 Å². The molecular formula is C12H20N4O2S. The molecule has 0 aromatic carbocycles. The van der Waals surface area contributed by atoms with Gasteiger partial charge in [-0.15, -0.1) is 0 Å². The molecule has 0 unspecified atom stereocenters. The van der Waals surface area contributed by atoms with Gasteiger partial charge in [0.05, 0.1) is 11.9 Å². The highest BCUT2D eigenvalue weighted by Crippen LogP contribution is 2.13. The van der Waals surface area contributed by atoms with Gasteiger partial charge in [-0.2, -0.15) is 0 Å². The van der Waals surface area contributed by atoms with Crippen molar-refractivity contribution in [3.63, 3.8) is 0 Å². The molecule has 0 spiro atoms. The highest BCUT2D eigenvalue weighted by Gasteiger charge is 2.24. The lowest BCUT2D eigenvalue weighted by molar-refractivity contribution is 0.289. The maximum absolute atomic E-state index is 11.4. The van der Waals surface area contributed by atoms with Crippen LogP contribution in [0.1, 0.15) is 24.4 Å². The molecule has 0 aliphatic carbocycles. The zero-order valence-corrected chi connectivity index (χ0v) is 12.2. The number of aromatic nitrogens is 2. The Morgan fingerprint density at radius 3 is 2.68 bits per heavy atom. The third kappa shape index (κ3) is 4.22. The first-order valence-corrected chi connectivity index (χ1v) is 8.27. The van der Waals surface area contributed by atoms with Gasteiger partial charge in [0.15, 0.2) is 0 Å². The normalized spacial score (nSPS) is 18.6. The number of sulfonamides is 1. The summed E-state index contributed by atoms with van der Waals surface area (Å²) in [5.41, 5.74) is 0.970. The predicted molar refractivity (Wildman–Crippen MR) is 73.0 cm³/mol. The number of hydrogen-bond acceptors (Lipinski definition) is 5. The van der Waals surface area contributed by atoms with E-state index in [0.717, 1.165) is 24.4 Å². The number of aryl methyl sites for hydroxylation is 1. The lowest BCUT2D eigenvalue weighted by atomic mass is 10.1. The standard InChI is InChI=1S/C12H20N4O2S/c1-10-13-6-3-12(15-10)9-14-11-4-7-16(8-5-11)19(2,17)18/h3,6,11,14H,4-5,7-9H2,1-2H3. The van der Waals surface area contributed by atoms with Crippen LogP contribution < -0.4 is 5.32 Å². The van der Waals surface area contributed by atoms with Crippen molar-refractivity contribution in [1.82, 2.24) is 19.6 Å². The van der Waals surface area contributed by atoms with E-state index < -0.39 is 10.0 Å². The molecule has 1 aliphatic heterocycles. The lowest BCUT2D eigenvalue weighted by Gasteiger charge is -2.30. The predicted octanol–water partition coefficient (Wildman–Crippen LogP) is 0.299. The molecule has 0 amide bonds. The monoisotopic (exact) mass is 284 g/mol. The summed E-state index contributed by atoms with van der Waals surface area (Å²) in [7, 11) is -3.04. The largest absolute Gasteiger partial charge is 0.308 e. The van der Waals surface area contributed by atoms with Gasteiger partial charge in [-0.25, -0.2) is 22.7 Å². The van der Waals surface area contributed by atoms with E-state index in [-0.39, 0.29) is 0 Å². The smallest absolute Gasteiger partial charge is 0.211 e. The van der Waals surface area contributed by atoms with Gasteiger partial charge in [0.25, 0.3) is 0 Å². The van der Waals surface area contributed by atoms with Crippen molar-refractivity contribution in [2.24, 2.45) is 0 Å². The van der Waals surface area contributed by atoms with Crippen molar-refractivity contribution in [2.75, 3.05) is 19.3 Å². The average molecular weight is 284 g/mol. The molecule has 1 aliphatic rings. The molecule has 2 rings (SSSR count). The van der Waals surface area contributed by atoms with E-state index in [4.69, 9.17) is 0 Å². The highest BCUT2D eigenvalue weighted by molar-refractivity contribution is 7.88. The Balaban J connectivity index is 1.80. The Kier molecular flexibility index (Phi) is 4.49. The molecule has 0 saturated carbocycles. The van der Waals surface area contributed by atoms with Crippen LogP contribution in [0.15, 0.2) is 12.3 Å².